The molecule has 2 unspecified atom stereocenters. The molecule has 0 saturated carbocycles. The second-order valence-electron chi connectivity index (χ2n) is 6.67. The predicted molar refractivity (Wildman–Crippen MR) is 79.6 cm³/mol. The van der Waals surface area contributed by atoms with Gasteiger partial charge in [0.25, 0.3) is 0 Å². The van der Waals surface area contributed by atoms with Crippen LogP contribution in [0.3, 0.4) is 0 Å². The van der Waals surface area contributed by atoms with Crippen molar-refractivity contribution in [3.63, 3.8) is 0 Å². The van der Waals surface area contributed by atoms with Crippen LogP contribution in [0.5, 0.6) is 0 Å². The number of hydrogen-bond acceptors (Lipinski definition) is 5. The first-order valence-electron chi connectivity index (χ1n) is 7.66. The van der Waals surface area contributed by atoms with Crippen LogP contribution in [0.25, 0.3) is 0 Å². The van der Waals surface area contributed by atoms with Gasteiger partial charge in [0.05, 0.1) is 6.17 Å². The van der Waals surface area contributed by atoms with Gasteiger partial charge in [-0.1, -0.05) is 6.42 Å². The van der Waals surface area contributed by atoms with Gasteiger partial charge in [0.15, 0.2) is 5.92 Å². The summed E-state index contributed by atoms with van der Waals surface area (Å²) in [5.41, 5.74) is 5.42. The Morgan fingerprint density at radius 2 is 1.76 bits per heavy atom. The van der Waals surface area contributed by atoms with Gasteiger partial charge >= 0.3 is 11.9 Å². The largest absolute Gasteiger partial charge is 0.481 e. The third kappa shape index (κ3) is 6.44. The Hall–Kier alpha value is -1.14. The summed E-state index contributed by atoms with van der Waals surface area (Å²) in [7, 11) is 0. The number of likely N-dealkylation sites (tertiary alicyclic amines) is 1. The Morgan fingerprint density at radius 3 is 2.24 bits per heavy atom. The minimum atomic E-state index is -1.14. The molecule has 0 spiro atoms. The molecule has 21 heavy (non-hydrogen) atoms. The topological polar surface area (TPSA) is 92.9 Å². The van der Waals surface area contributed by atoms with Gasteiger partial charge in [-0.05, 0) is 59.5 Å². The van der Waals surface area contributed by atoms with E-state index < -0.39 is 23.5 Å². The van der Waals surface area contributed by atoms with E-state index in [0.717, 1.165) is 25.9 Å². The molecule has 1 rings (SSSR count). The Morgan fingerprint density at radius 1 is 1.19 bits per heavy atom. The van der Waals surface area contributed by atoms with Crippen LogP contribution in [-0.2, 0) is 14.3 Å². The zero-order valence-electron chi connectivity index (χ0n) is 13.3. The van der Waals surface area contributed by atoms with E-state index in [1.54, 1.807) is 20.8 Å². The van der Waals surface area contributed by atoms with Gasteiger partial charge in [-0.25, -0.2) is 0 Å². The number of carbonyl (C=O) groups excluding carboxylic acids is 1. The van der Waals surface area contributed by atoms with E-state index in [-0.39, 0.29) is 12.6 Å². The number of hydrogen-bond donors (Lipinski definition) is 2. The molecule has 0 bridgehead atoms. The first kappa shape index (κ1) is 17.9. The highest BCUT2D eigenvalue weighted by Gasteiger charge is 2.32. The molecule has 0 amide bonds. The van der Waals surface area contributed by atoms with E-state index in [2.05, 4.69) is 4.90 Å². The van der Waals surface area contributed by atoms with Crippen molar-refractivity contribution in [2.45, 2.75) is 64.6 Å². The lowest BCUT2D eigenvalue weighted by Crippen LogP contribution is -2.45. The van der Waals surface area contributed by atoms with Gasteiger partial charge in [0.1, 0.15) is 5.60 Å². The monoisotopic (exact) mass is 300 g/mol. The fourth-order valence-electron chi connectivity index (χ4n) is 2.49. The van der Waals surface area contributed by atoms with Crippen LogP contribution >= 0.6 is 0 Å². The number of esters is 1. The van der Waals surface area contributed by atoms with Crippen molar-refractivity contribution in [2.24, 2.45) is 11.7 Å². The van der Waals surface area contributed by atoms with Gasteiger partial charge in [0.2, 0.25) is 0 Å². The van der Waals surface area contributed by atoms with Crippen LogP contribution in [-0.4, -0.2) is 46.8 Å². The maximum atomic E-state index is 11.9. The Bertz CT molecular complexity index is 359. The number of nitrogens with two attached hydrogens (primary N) is 1. The van der Waals surface area contributed by atoms with Crippen molar-refractivity contribution in [3.05, 3.63) is 0 Å². The van der Waals surface area contributed by atoms with Crippen LogP contribution < -0.4 is 5.73 Å². The first-order valence-corrected chi connectivity index (χ1v) is 7.66. The summed E-state index contributed by atoms with van der Waals surface area (Å²) in [5, 5.41) is 9.21. The second-order valence-corrected chi connectivity index (χ2v) is 6.67. The molecule has 1 aliphatic heterocycles. The summed E-state index contributed by atoms with van der Waals surface area (Å²) in [6, 6.07) is 0. The molecule has 1 saturated heterocycles. The summed E-state index contributed by atoms with van der Waals surface area (Å²) >= 11 is 0. The quantitative estimate of drug-likeness (QED) is 0.571. The third-order valence-corrected chi connectivity index (χ3v) is 3.60. The van der Waals surface area contributed by atoms with Crippen LogP contribution in [0.1, 0.15) is 52.9 Å². The first-order chi connectivity index (χ1) is 9.70. The molecule has 6 nitrogen and oxygen atoms in total. The molecule has 2 atom stereocenters. The van der Waals surface area contributed by atoms with Crippen LogP contribution in [0.4, 0.5) is 0 Å². The molecule has 0 aromatic rings. The standard InChI is InChI=1S/C15H28N2O4/c1-15(2,3)21-14(20)11(13(18)19)7-8-12(16)17-9-5-4-6-10-17/h11-12H,4-10,16H2,1-3H3,(H,18,19). The number of ether oxygens (including phenoxy) is 1. The zero-order chi connectivity index (χ0) is 16.0. The van der Waals surface area contributed by atoms with E-state index >= 15 is 0 Å². The Kier molecular flexibility index (Phi) is 6.61. The number of nitrogens with zero attached hydrogens (tertiary/aromatic N) is 1. The molecular formula is C15H28N2O4. The van der Waals surface area contributed by atoms with E-state index in [1.165, 1.54) is 6.42 Å². The van der Waals surface area contributed by atoms with E-state index in [0.29, 0.717) is 6.42 Å². The van der Waals surface area contributed by atoms with Crippen molar-refractivity contribution in [2.75, 3.05) is 13.1 Å². The number of piperidine rings is 1. The summed E-state index contributed by atoms with van der Waals surface area (Å²) in [6.45, 7) is 7.08. The normalized spacial score (nSPS) is 19.8. The lowest BCUT2D eigenvalue weighted by Gasteiger charge is -2.32. The lowest BCUT2D eigenvalue weighted by atomic mass is 10.0. The van der Waals surface area contributed by atoms with Crippen molar-refractivity contribution in [1.82, 2.24) is 4.90 Å². The summed E-state index contributed by atoms with van der Waals surface area (Å²) in [5.74, 6) is -2.96. The zero-order valence-corrected chi connectivity index (χ0v) is 13.3. The van der Waals surface area contributed by atoms with Crippen molar-refractivity contribution in [1.29, 1.82) is 0 Å². The highest BCUT2D eigenvalue weighted by molar-refractivity contribution is 5.94. The molecular weight excluding hydrogens is 272 g/mol. The van der Waals surface area contributed by atoms with Gasteiger partial charge < -0.3 is 15.6 Å². The van der Waals surface area contributed by atoms with Crippen LogP contribution in [0, 0.1) is 5.92 Å². The minimum absolute atomic E-state index is 0.186. The average Bonchev–Trinajstić information content (AvgIpc) is 2.37. The minimum Gasteiger partial charge on any atom is -0.481 e. The third-order valence-electron chi connectivity index (χ3n) is 3.60. The Labute approximate surface area is 126 Å². The molecule has 1 fully saturated rings. The summed E-state index contributed by atoms with van der Waals surface area (Å²) in [6.07, 6.45) is 3.98. The molecule has 6 heteroatoms. The fraction of sp³-hybridized carbons (Fsp3) is 0.867. The van der Waals surface area contributed by atoms with E-state index in [9.17, 15) is 14.7 Å². The van der Waals surface area contributed by atoms with Crippen molar-refractivity contribution < 1.29 is 19.4 Å². The molecule has 3 N–H and O–H groups in total. The summed E-state index contributed by atoms with van der Waals surface area (Å²) in [4.78, 5) is 25.4. The van der Waals surface area contributed by atoms with E-state index in [4.69, 9.17) is 10.5 Å². The number of carbonyl (C=O) groups is 2. The number of rotatable bonds is 6. The highest BCUT2D eigenvalue weighted by Crippen LogP contribution is 2.18. The smallest absolute Gasteiger partial charge is 0.320 e. The van der Waals surface area contributed by atoms with Gasteiger partial charge in [0, 0.05) is 0 Å². The molecule has 1 heterocycles. The van der Waals surface area contributed by atoms with Gasteiger partial charge in [-0.2, -0.15) is 0 Å². The fourth-order valence-corrected chi connectivity index (χ4v) is 2.49. The van der Waals surface area contributed by atoms with Crippen molar-refractivity contribution in [3.8, 4) is 0 Å². The summed E-state index contributed by atoms with van der Waals surface area (Å²) < 4.78 is 5.16. The lowest BCUT2D eigenvalue weighted by molar-refractivity contribution is -0.167. The number of carboxylic acid groups (broad SMARTS) is 1. The molecule has 1 aliphatic rings. The van der Waals surface area contributed by atoms with Gasteiger partial charge in [-0.3, -0.25) is 14.5 Å². The van der Waals surface area contributed by atoms with Crippen LogP contribution in [0.2, 0.25) is 0 Å². The molecule has 0 aliphatic carbocycles. The van der Waals surface area contributed by atoms with E-state index in [1.807, 2.05) is 0 Å². The average molecular weight is 300 g/mol. The number of carboxylic acids is 1. The van der Waals surface area contributed by atoms with Gasteiger partial charge in [-0.15, -0.1) is 0 Å². The molecule has 122 valence electrons. The molecule has 0 aromatic heterocycles. The van der Waals surface area contributed by atoms with Crippen molar-refractivity contribution >= 4 is 11.9 Å². The Balaban J connectivity index is 2.50. The highest BCUT2D eigenvalue weighted by atomic mass is 16.6. The predicted octanol–water partition coefficient (Wildman–Crippen LogP) is 1.58. The molecule has 0 radical (unpaired) electrons. The SMILES string of the molecule is CC(C)(C)OC(=O)C(CCC(N)N1CCCCC1)C(=O)O. The maximum Gasteiger partial charge on any atom is 0.320 e. The second kappa shape index (κ2) is 7.75. The molecule has 0 aromatic carbocycles. The maximum absolute atomic E-state index is 11.9. The van der Waals surface area contributed by atoms with Crippen LogP contribution in [0.15, 0.2) is 0 Å². The number of aliphatic carboxylic acids is 1.